The maximum Gasteiger partial charge on any atom is 0.254 e. The van der Waals surface area contributed by atoms with Crippen molar-refractivity contribution in [2.24, 2.45) is 0 Å². The Kier molecular flexibility index (Phi) is 5.00. The van der Waals surface area contributed by atoms with Gasteiger partial charge in [0, 0.05) is 18.2 Å². The van der Waals surface area contributed by atoms with Crippen LogP contribution in [0.5, 0.6) is 0 Å². The number of rotatable bonds is 4. The van der Waals surface area contributed by atoms with E-state index in [-0.39, 0.29) is 5.91 Å². The SMILES string of the molecule is CCc1ccc(C(=O)N(CC)C2CCCCC2)cc1. The van der Waals surface area contributed by atoms with Crippen molar-refractivity contribution < 1.29 is 4.79 Å². The van der Waals surface area contributed by atoms with Gasteiger partial charge in [0.25, 0.3) is 5.91 Å². The first kappa shape index (κ1) is 14.1. The lowest BCUT2D eigenvalue weighted by Gasteiger charge is -2.33. The third-order valence-electron chi connectivity index (χ3n) is 4.23. The maximum absolute atomic E-state index is 12.6. The second-order valence-corrected chi connectivity index (χ2v) is 5.43. The predicted molar refractivity (Wildman–Crippen MR) is 79.4 cm³/mol. The number of hydrogen-bond acceptors (Lipinski definition) is 1. The summed E-state index contributed by atoms with van der Waals surface area (Å²) in [5.41, 5.74) is 2.13. The zero-order valence-electron chi connectivity index (χ0n) is 12.2. The van der Waals surface area contributed by atoms with Crippen LogP contribution in [0.25, 0.3) is 0 Å². The average Bonchev–Trinajstić information content (AvgIpc) is 2.49. The Balaban J connectivity index is 2.10. The van der Waals surface area contributed by atoms with Gasteiger partial charge in [0.2, 0.25) is 0 Å². The highest BCUT2D eigenvalue weighted by molar-refractivity contribution is 5.94. The quantitative estimate of drug-likeness (QED) is 0.799. The molecule has 19 heavy (non-hydrogen) atoms. The van der Waals surface area contributed by atoms with E-state index in [1.807, 2.05) is 12.1 Å². The number of aryl methyl sites for hydroxylation is 1. The van der Waals surface area contributed by atoms with Crippen LogP contribution < -0.4 is 0 Å². The third-order valence-corrected chi connectivity index (χ3v) is 4.23. The van der Waals surface area contributed by atoms with Gasteiger partial charge >= 0.3 is 0 Å². The van der Waals surface area contributed by atoms with Gasteiger partial charge in [-0.1, -0.05) is 38.3 Å². The Morgan fingerprint density at radius 1 is 1.11 bits per heavy atom. The van der Waals surface area contributed by atoms with Crippen molar-refractivity contribution >= 4 is 5.91 Å². The molecule has 0 atom stereocenters. The molecule has 1 amide bonds. The fourth-order valence-corrected chi connectivity index (χ4v) is 3.01. The molecule has 1 fully saturated rings. The Hall–Kier alpha value is -1.31. The first-order chi connectivity index (χ1) is 9.26. The first-order valence-electron chi connectivity index (χ1n) is 7.66. The lowest BCUT2D eigenvalue weighted by Crippen LogP contribution is -2.41. The van der Waals surface area contributed by atoms with Crippen LogP contribution in [0.3, 0.4) is 0 Å². The molecule has 1 aromatic rings. The van der Waals surface area contributed by atoms with Crippen LogP contribution in [0.2, 0.25) is 0 Å². The smallest absolute Gasteiger partial charge is 0.254 e. The summed E-state index contributed by atoms with van der Waals surface area (Å²) in [4.78, 5) is 14.7. The summed E-state index contributed by atoms with van der Waals surface area (Å²) in [6.07, 6.45) is 7.23. The monoisotopic (exact) mass is 259 g/mol. The number of amides is 1. The van der Waals surface area contributed by atoms with Crippen LogP contribution in [0, 0.1) is 0 Å². The second kappa shape index (κ2) is 6.74. The van der Waals surface area contributed by atoms with E-state index in [0.717, 1.165) is 18.5 Å². The molecule has 2 rings (SSSR count). The number of benzene rings is 1. The number of hydrogen-bond donors (Lipinski definition) is 0. The third kappa shape index (κ3) is 3.37. The van der Waals surface area contributed by atoms with E-state index in [9.17, 15) is 4.79 Å². The topological polar surface area (TPSA) is 20.3 Å². The Morgan fingerprint density at radius 2 is 1.74 bits per heavy atom. The molecule has 2 heteroatoms. The minimum Gasteiger partial charge on any atom is -0.336 e. The molecular formula is C17H25NO. The molecule has 0 heterocycles. The van der Waals surface area contributed by atoms with E-state index in [4.69, 9.17) is 0 Å². The largest absolute Gasteiger partial charge is 0.336 e. The molecule has 0 bridgehead atoms. The highest BCUT2D eigenvalue weighted by atomic mass is 16.2. The molecule has 1 aliphatic carbocycles. The van der Waals surface area contributed by atoms with Crippen LogP contribution in [0.4, 0.5) is 0 Å². The molecule has 104 valence electrons. The summed E-state index contributed by atoms with van der Waals surface area (Å²) in [7, 11) is 0. The van der Waals surface area contributed by atoms with Crippen molar-refractivity contribution in [1.82, 2.24) is 4.90 Å². The zero-order chi connectivity index (χ0) is 13.7. The van der Waals surface area contributed by atoms with Crippen LogP contribution in [0.1, 0.15) is 61.9 Å². The molecule has 1 aromatic carbocycles. The fourth-order valence-electron chi connectivity index (χ4n) is 3.01. The summed E-state index contributed by atoms with van der Waals surface area (Å²) in [6.45, 7) is 5.04. The second-order valence-electron chi connectivity index (χ2n) is 5.43. The van der Waals surface area contributed by atoms with E-state index in [0.29, 0.717) is 6.04 Å². The molecular weight excluding hydrogens is 234 g/mol. The van der Waals surface area contributed by atoms with Crippen LogP contribution in [-0.4, -0.2) is 23.4 Å². The summed E-state index contributed by atoms with van der Waals surface area (Å²) in [5.74, 6) is 0.206. The van der Waals surface area contributed by atoms with Crippen molar-refractivity contribution in [3.05, 3.63) is 35.4 Å². The predicted octanol–water partition coefficient (Wildman–Crippen LogP) is 4.04. The Labute approximate surface area is 116 Å². The Bertz CT molecular complexity index is 404. The molecule has 1 aliphatic rings. The van der Waals surface area contributed by atoms with E-state index >= 15 is 0 Å². The molecule has 0 unspecified atom stereocenters. The van der Waals surface area contributed by atoms with Crippen LogP contribution in [-0.2, 0) is 6.42 Å². The maximum atomic E-state index is 12.6. The van der Waals surface area contributed by atoms with E-state index in [1.54, 1.807) is 0 Å². The van der Waals surface area contributed by atoms with Gasteiger partial charge < -0.3 is 4.90 Å². The highest BCUT2D eigenvalue weighted by Crippen LogP contribution is 2.24. The summed E-state index contributed by atoms with van der Waals surface area (Å²) in [6, 6.07) is 8.56. The van der Waals surface area contributed by atoms with Crippen molar-refractivity contribution in [3.63, 3.8) is 0 Å². The molecule has 1 saturated carbocycles. The van der Waals surface area contributed by atoms with Gasteiger partial charge in [0.1, 0.15) is 0 Å². The minimum absolute atomic E-state index is 0.206. The Morgan fingerprint density at radius 3 is 2.26 bits per heavy atom. The van der Waals surface area contributed by atoms with Crippen molar-refractivity contribution in [2.75, 3.05) is 6.54 Å². The van der Waals surface area contributed by atoms with E-state index < -0.39 is 0 Å². The van der Waals surface area contributed by atoms with Gasteiger partial charge in [0.15, 0.2) is 0 Å². The molecule has 0 saturated heterocycles. The van der Waals surface area contributed by atoms with Gasteiger partial charge in [0.05, 0.1) is 0 Å². The van der Waals surface area contributed by atoms with Crippen LogP contribution >= 0.6 is 0 Å². The number of nitrogens with zero attached hydrogens (tertiary/aromatic N) is 1. The molecule has 0 radical (unpaired) electrons. The standard InChI is InChI=1S/C17H25NO/c1-3-14-10-12-15(13-11-14)17(19)18(4-2)16-8-6-5-7-9-16/h10-13,16H,3-9H2,1-2H3. The normalized spacial score (nSPS) is 16.3. The van der Waals surface area contributed by atoms with Gasteiger partial charge in [-0.2, -0.15) is 0 Å². The summed E-state index contributed by atoms with van der Waals surface area (Å²) >= 11 is 0. The van der Waals surface area contributed by atoms with Crippen molar-refractivity contribution in [1.29, 1.82) is 0 Å². The van der Waals surface area contributed by atoms with Gasteiger partial charge in [-0.25, -0.2) is 0 Å². The molecule has 0 spiro atoms. The van der Waals surface area contributed by atoms with Gasteiger partial charge in [-0.05, 0) is 43.9 Å². The summed E-state index contributed by atoms with van der Waals surface area (Å²) < 4.78 is 0. The zero-order valence-corrected chi connectivity index (χ0v) is 12.2. The van der Waals surface area contributed by atoms with E-state index in [1.165, 1.54) is 37.7 Å². The van der Waals surface area contributed by atoms with E-state index in [2.05, 4.69) is 30.9 Å². The van der Waals surface area contributed by atoms with Gasteiger partial charge in [-0.3, -0.25) is 4.79 Å². The minimum atomic E-state index is 0.206. The molecule has 0 aliphatic heterocycles. The lowest BCUT2D eigenvalue weighted by atomic mass is 9.93. The molecule has 0 N–H and O–H groups in total. The average molecular weight is 259 g/mol. The summed E-state index contributed by atoms with van der Waals surface area (Å²) in [5, 5.41) is 0. The highest BCUT2D eigenvalue weighted by Gasteiger charge is 2.24. The number of carbonyl (C=O) groups excluding carboxylic acids is 1. The number of carbonyl (C=O) groups is 1. The van der Waals surface area contributed by atoms with Crippen LogP contribution in [0.15, 0.2) is 24.3 Å². The van der Waals surface area contributed by atoms with Crippen molar-refractivity contribution in [3.8, 4) is 0 Å². The molecule has 2 nitrogen and oxygen atoms in total. The lowest BCUT2D eigenvalue weighted by molar-refractivity contribution is 0.0648. The first-order valence-corrected chi connectivity index (χ1v) is 7.66. The van der Waals surface area contributed by atoms with Crippen molar-refractivity contribution in [2.45, 2.75) is 58.4 Å². The van der Waals surface area contributed by atoms with Gasteiger partial charge in [-0.15, -0.1) is 0 Å². The fraction of sp³-hybridized carbons (Fsp3) is 0.588. The molecule has 0 aromatic heterocycles.